The molecule has 1 heterocycles. The molecular weight excluding hydrogens is 390 g/mol. The predicted molar refractivity (Wildman–Crippen MR) is 96.7 cm³/mol. The van der Waals surface area contributed by atoms with E-state index >= 15 is 0 Å². The van der Waals surface area contributed by atoms with E-state index in [4.69, 9.17) is 4.74 Å². The zero-order valence-electron chi connectivity index (χ0n) is 15.2. The van der Waals surface area contributed by atoms with Crippen molar-refractivity contribution in [1.82, 2.24) is 0 Å². The Morgan fingerprint density at radius 1 is 0.966 bits per heavy atom. The van der Waals surface area contributed by atoms with Crippen molar-refractivity contribution in [3.63, 3.8) is 0 Å². The van der Waals surface area contributed by atoms with E-state index in [0.29, 0.717) is 11.3 Å². The van der Waals surface area contributed by atoms with Gasteiger partial charge in [-0.2, -0.15) is 0 Å². The molecule has 0 fully saturated rings. The van der Waals surface area contributed by atoms with Gasteiger partial charge < -0.3 is 24.8 Å². The third kappa shape index (κ3) is 5.64. The molecule has 2 N–H and O–H groups in total. The highest BCUT2D eigenvalue weighted by molar-refractivity contribution is 5.93. The number of benzene rings is 2. The van der Waals surface area contributed by atoms with Crippen LogP contribution in [0, 0.1) is 0 Å². The lowest BCUT2D eigenvalue weighted by molar-refractivity contribution is -0.286. The summed E-state index contributed by atoms with van der Waals surface area (Å²) in [7, 11) is 0. The van der Waals surface area contributed by atoms with E-state index in [-0.39, 0.29) is 29.5 Å². The Balaban J connectivity index is 1.46. The van der Waals surface area contributed by atoms with Crippen LogP contribution in [0.4, 0.5) is 20.2 Å². The number of hydrogen-bond acceptors (Lipinski definition) is 6. The molecule has 2 amide bonds. The van der Waals surface area contributed by atoms with Crippen molar-refractivity contribution in [3.05, 3.63) is 48.0 Å². The van der Waals surface area contributed by atoms with Gasteiger partial charge in [-0.25, -0.2) is 0 Å². The number of amides is 2. The van der Waals surface area contributed by atoms with Crippen LogP contribution in [0.3, 0.4) is 0 Å². The van der Waals surface area contributed by atoms with Crippen molar-refractivity contribution < 1.29 is 37.4 Å². The minimum absolute atomic E-state index is 0.0628. The number of anilines is 2. The molecule has 0 saturated heterocycles. The lowest BCUT2D eigenvalue weighted by atomic mass is 10.1. The average molecular weight is 406 g/mol. The number of hydrogen-bond donors (Lipinski definition) is 2. The molecule has 10 heteroatoms. The molecular formula is C19H16F2N2O6. The zero-order valence-corrected chi connectivity index (χ0v) is 15.2. The topological polar surface area (TPSA) is 103 Å². The number of carbonyl (C=O) groups is 3. The van der Waals surface area contributed by atoms with E-state index in [1.807, 2.05) is 0 Å². The van der Waals surface area contributed by atoms with Gasteiger partial charge in [0.15, 0.2) is 18.1 Å². The molecule has 2 aromatic carbocycles. The molecule has 0 bridgehead atoms. The van der Waals surface area contributed by atoms with Crippen molar-refractivity contribution >= 4 is 29.2 Å². The predicted octanol–water partition coefficient (Wildman–Crippen LogP) is 2.69. The van der Waals surface area contributed by atoms with Crippen LogP contribution in [-0.4, -0.2) is 30.7 Å². The molecule has 1 aliphatic rings. The van der Waals surface area contributed by atoms with Gasteiger partial charge in [-0.3, -0.25) is 14.4 Å². The molecule has 0 aromatic heterocycles. The molecule has 3 rings (SSSR count). The number of fused-ring (bicyclic) bond motifs is 1. The fraction of sp³-hybridized carbons (Fsp3) is 0.211. The maximum Gasteiger partial charge on any atom is 0.586 e. The standard InChI is InChI=1S/C19H16F2N2O6/c1-11(24)22-13-4-2-12(3-5-13)8-18(26)27-10-17(25)23-14-6-7-15-16(9-14)29-19(20,21)28-15/h2-7,9H,8,10H2,1H3,(H,22,24)(H,23,25). The summed E-state index contributed by atoms with van der Waals surface area (Å²) >= 11 is 0. The number of rotatable bonds is 6. The Bertz CT molecular complexity index is 946. The first-order valence-electron chi connectivity index (χ1n) is 8.42. The first-order valence-corrected chi connectivity index (χ1v) is 8.42. The summed E-state index contributed by atoms with van der Waals surface area (Å²) in [4.78, 5) is 34.7. The van der Waals surface area contributed by atoms with Crippen LogP contribution in [0.5, 0.6) is 11.5 Å². The van der Waals surface area contributed by atoms with Gasteiger partial charge >= 0.3 is 12.3 Å². The summed E-state index contributed by atoms with van der Waals surface area (Å²) in [5.74, 6) is -1.85. The Hall–Kier alpha value is -3.69. The van der Waals surface area contributed by atoms with Gasteiger partial charge in [0.2, 0.25) is 5.91 Å². The molecule has 0 radical (unpaired) electrons. The monoisotopic (exact) mass is 406 g/mol. The lowest BCUT2D eigenvalue weighted by Gasteiger charge is -2.08. The molecule has 0 atom stereocenters. The number of esters is 1. The number of halogens is 2. The summed E-state index contributed by atoms with van der Waals surface area (Å²) in [6.45, 7) is 0.836. The number of nitrogens with one attached hydrogen (secondary N) is 2. The highest BCUT2D eigenvalue weighted by Gasteiger charge is 2.43. The molecule has 1 aliphatic heterocycles. The fourth-order valence-corrected chi connectivity index (χ4v) is 2.50. The van der Waals surface area contributed by atoms with E-state index in [9.17, 15) is 23.2 Å². The summed E-state index contributed by atoms with van der Waals surface area (Å²) in [5, 5.41) is 5.01. The van der Waals surface area contributed by atoms with E-state index in [1.54, 1.807) is 24.3 Å². The second kappa shape index (κ2) is 8.13. The van der Waals surface area contributed by atoms with Crippen LogP contribution in [0.25, 0.3) is 0 Å². The van der Waals surface area contributed by atoms with Gasteiger partial charge in [0.25, 0.3) is 5.91 Å². The Morgan fingerprint density at radius 3 is 2.31 bits per heavy atom. The third-order valence-electron chi connectivity index (χ3n) is 3.67. The van der Waals surface area contributed by atoms with Crippen LogP contribution in [0.2, 0.25) is 0 Å². The van der Waals surface area contributed by atoms with Crippen molar-refractivity contribution in [2.24, 2.45) is 0 Å². The second-order valence-corrected chi connectivity index (χ2v) is 6.09. The molecule has 0 aliphatic carbocycles. The van der Waals surface area contributed by atoms with Gasteiger partial charge in [0.1, 0.15) is 0 Å². The van der Waals surface area contributed by atoms with Crippen molar-refractivity contribution in [3.8, 4) is 11.5 Å². The van der Waals surface area contributed by atoms with Crippen LogP contribution in [0.15, 0.2) is 42.5 Å². The molecule has 2 aromatic rings. The average Bonchev–Trinajstić information content (AvgIpc) is 2.94. The molecule has 8 nitrogen and oxygen atoms in total. The number of carbonyl (C=O) groups excluding carboxylic acids is 3. The number of ether oxygens (including phenoxy) is 3. The van der Waals surface area contributed by atoms with Crippen LogP contribution < -0.4 is 20.1 Å². The SMILES string of the molecule is CC(=O)Nc1ccc(CC(=O)OCC(=O)Nc2ccc3c(c2)OC(F)(F)O3)cc1. The summed E-state index contributed by atoms with van der Waals surface area (Å²) in [6, 6.07) is 10.3. The maximum absolute atomic E-state index is 13.0. The smallest absolute Gasteiger partial charge is 0.455 e. The van der Waals surface area contributed by atoms with Crippen molar-refractivity contribution in [1.29, 1.82) is 0 Å². The first-order chi connectivity index (χ1) is 13.7. The molecule has 0 unspecified atom stereocenters. The normalized spacial score (nSPS) is 13.5. The lowest BCUT2D eigenvalue weighted by Crippen LogP contribution is -2.25. The van der Waals surface area contributed by atoms with Gasteiger partial charge in [-0.1, -0.05) is 12.1 Å². The fourth-order valence-electron chi connectivity index (χ4n) is 2.50. The molecule has 0 spiro atoms. The number of alkyl halides is 2. The van der Waals surface area contributed by atoms with E-state index in [2.05, 4.69) is 20.1 Å². The first kappa shape index (κ1) is 20.1. The van der Waals surface area contributed by atoms with Crippen molar-refractivity contribution in [2.45, 2.75) is 19.6 Å². The van der Waals surface area contributed by atoms with Crippen LogP contribution in [-0.2, 0) is 25.5 Å². The summed E-state index contributed by atoms with van der Waals surface area (Å²) < 4.78 is 39.4. The molecule has 152 valence electrons. The van der Waals surface area contributed by atoms with Gasteiger partial charge in [0.05, 0.1) is 6.42 Å². The zero-order chi connectivity index (χ0) is 21.0. The summed E-state index contributed by atoms with van der Waals surface area (Å²) in [5.41, 5.74) is 1.41. The van der Waals surface area contributed by atoms with E-state index < -0.39 is 24.8 Å². The highest BCUT2D eigenvalue weighted by atomic mass is 19.3. The Labute approximate surface area is 163 Å². The van der Waals surface area contributed by atoms with Gasteiger partial charge in [0, 0.05) is 24.4 Å². The van der Waals surface area contributed by atoms with Crippen LogP contribution >= 0.6 is 0 Å². The third-order valence-corrected chi connectivity index (χ3v) is 3.67. The van der Waals surface area contributed by atoms with E-state index in [1.165, 1.54) is 25.1 Å². The van der Waals surface area contributed by atoms with Gasteiger partial charge in [-0.15, -0.1) is 8.78 Å². The van der Waals surface area contributed by atoms with Crippen molar-refractivity contribution in [2.75, 3.05) is 17.2 Å². The Morgan fingerprint density at radius 2 is 1.62 bits per heavy atom. The minimum atomic E-state index is -3.75. The Kier molecular flexibility index (Phi) is 5.62. The minimum Gasteiger partial charge on any atom is -0.455 e. The van der Waals surface area contributed by atoms with Crippen LogP contribution in [0.1, 0.15) is 12.5 Å². The quantitative estimate of drug-likeness (QED) is 0.715. The van der Waals surface area contributed by atoms with Gasteiger partial charge in [-0.05, 0) is 29.8 Å². The van der Waals surface area contributed by atoms with E-state index in [0.717, 1.165) is 0 Å². The summed E-state index contributed by atoms with van der Waals surface area (Å²) in [6.07, 6.45) is -3.81. The largest absolute Gasteiger partial charge is 0.586 e. The highest BCUT2D eigenvalue weighted by Crippen LogP contribution is 2.42. The maximum atomic E-state index is 13.0. The second-order valence-electron chi connectivity index (χ2n) is 6.09. The molecule has 29 heavy (non-hydrogen) atoms. The molecule has 0 saturated carbocycles.